The maximum absolute atomic E-state index is 12.0. The molecule has 5 nitrogen and oxygen atoms in total. The number of thiophene rings is 1. The van der Waals surface area contributed by atoms with E-state index in [0.29, 0.717) is 10.6 Å². The van der Waals surface area contributed by atoms with Gasteiger partial charge in [0, 0.05) is 10.4 Å². The number of hydrogen-bond acceptors (Lipinski definition) is 5. The van der Waals surface area contributed by atoms with Crippen molar-refractivity contribution in [2.75, 3.05) is 19.0 Å². The minimum atomic E-state index is -0.367. The van der Waals surface area contributed by atoms with E-state index in [1.807, 2.05) is 20.8 Å². The third-order valence-corrected chi connectivity index (χ3v) is 4.55. The zero-order chi connectivity index (χ0) is 15.6. The van der Waals surface area contributed by atoms with Gasteiger partial charge in [0.15, 0.2) is 0 Å². The first kappa shape index (κ1) is 16.0. The van der Waals surface area contributed by atoms with E-state index in [4.69, 9.17) is 4.74 Å². The number of esters is 1. The second-order valence-corrected chi connectivity index (χ2v) is 7.31. The summed E-state index contributed by atoms with van der Waals surface area (Å²) in [5, 5.41) is 6.59. The first-order valence-corrected chi connectivity index (χ1v) is 7.91. The molecular weight excluding hydrogens is 288 g/mol. The number of ether oxygens (including phenoxy) is 1. The normalized spacial score (nSPS) is 13.9. The minimum absolute atomic E-state index is 0.125. The molecule has 0 aliphatic heterocycles. The van der Waals surface area contributed by atoms with Gasteiger partial charge in [-0.05, 0) is 45.6 Å². The third kappa shape index (κ3) is 3.83. The summed E-state index contributed by atoms with van der Waals surface area (Å²) in [4.78, 5) is 25.2. The van der Waals surface area contributed by atoms with E-state index in [2.05, 4.69) is 10.6 Å². The molecule has 0 bridgehead atoms. The number of rotatable bonds is 4. The molecule has 0 radical (unpaired) electrons. The van der Waals surface area contributed by atoms with Gasteiger partial charge in [0.25, 0.3) is 0 Å². The summed E-state index contributed by atoms with van der Waals surface area (Å²) in [5.74, 6) is -0.511. The lowest BCUT2D eigenvalue weighted by molar-refractivity contribution is -0.115. The number of fused-ring (bicyclic) bond motifs is 1. The molecule has 0 fully saturated rings. The van der Waals surface area contributed by atoms with Crippen LogP contribution in [-0.4, -0.2) is 31.1 Å². The Kier molecular flexibility index (Phi) is 4.68. The van der Waals surface area contributed by atoms with E-state index in [0.717, 1.165) is 24.8 Å². The van der Waals surface area contributed by atoms with E-state index in [1.165, 1.54) is 23.3 Å². The van der Waals surface area contributed by atoms with Crippen LogP contribution >= 0.6 is 11.3 Å². The van der Waals surface area contributed by atoms with Gasteiger partial charge >= 0.3 is 5.97 Å². The van der Waals surface area contributed by atoms with Gasteiger partial charge in [0.1, 0.15) is 5.00 Å². The molecule has 1 aliphatic carbocycles. The molecule has 1 aliphatic rings. The van der Waals surface area contributed by atoms with E-state index < -0.39 is 0 Å². The second kappa shape index (κ2) is 6.15. The predicted molar refractivity (Wildman–Crippen MR) is 84.1 cm³/mol. The highest BCUT2D eigenvalue weighted by atomic mass is 32.1. The van der Waals surface area contributed by atoms with Crippen LogP contribution in [0.1, 0.15) is 48.0 Å². The van der Waals surface area contributed by atoms with E-state index in [1.54, 1.807) is 0 Å². The summed E-state index contributed by atoms with van der Waals surface area (Å²) < 4.78 is 4.86. The first-order valence-electron chi connectivity index (χ1n) is 7.09. The maximum atomic E-state index is 12.0. The number of nitrogens with one attached hydrogen (secondary N) is 2. The van der Waals surface area contributed by atoms with Crippen LogP contribution in [0.25, 0.3) is 0 Å². The maximum Gasteiger partial charge on any atom is 0.341 e. The number of carbonyl (C=O) groups excluding carboxylic acids is 2. The smallest absolute Gasteiger partial charge is 0.341 e. The van der Waals surface area contributed by atoms with Gasteiger partial charge in [-0.2, -0.15) is 0 Å². The van der Waals surface area contributed by atoms with Crippen molar-refractivity contribution in [3.8, 4) is 0 Å². The molecule has 0 aromatic carbocycles. The molecule has 1 aromatic heterocycles. The summed E-state index contributed by atoms with van der Waals surface area (Å²) in [7, 11) is 1.37. The van der Waals surface area contributed by atoms with Crippen LogP contribution in [0.3, 0.4) is 0 Å². The summed E-state index contributed by atoms with van der Waals surface area (Å²) in [6, 6.07) is 0. The molecule has 1 heterocycles. The van der Waals surface area contributed by atoms with Crippen LogP contribution in [0.15, 0.2) is 0 Å². The second-order valence-electron chi connectivity index (χ2n) is 6.20. The van der Waals surface area contributed by atoms with E-state index in [9.17, 15) is 9.59 Å². The van der Waals surface area contributed by atoms with Crippen LogP contribution in [0, 0.1) is 0 Å². The SMILES string of the molecule is COC(=O)c1c(NC(=O)CNC(C)(C)C)sc2c1CCC2. The molecule has 1 amide bonds. The molecule has 0 unspecified atom stereocenters. The fourth-order valence-corrected chi connectivity index (χ4v) is 3.62. The summed E-state index contributed by atoms with van der Waals surface area (Å²) in [6.45, 7) is 6.21. The van der Waals surface area contributed by atoms with Crippen molar-refractivity contribution in [1.29, 1.82) is 0 Å². The van der Waals surface area contributed by atoms with E-state index >= 15 is 0 Å². The van der Waals surface area contributed by atoms with Gasteiger partial charge in [-0.1, -0.05) is 0 Å². The highest BCUT2D eigenvalue weighted by molar-refractivity contribution is 7.17. The lowest BCUT2D eigenvalue weighted by atomic mass is 10.1. The molecule has 116 valence electrons. The number of carbonyl (C=O) groups is 2. The molecule has 21 heavy (non-hydrogen) atoms. The Morgan fingerprint density at radius 1 is 1.29 bits per heavy atom. The summed E-state index contributed by atoms with van der Waals surface area (Å²) in [6.07, 6.45) is 2.91. The van der Waals surface area contributed by atoms with Crippen molar-refractivity contribution >= 4 is 28.2 Å². The molecule has 0 atom stereocenters. The van der Waals surface area contributed by atoms with Gasteiger partial charge < -0.3 is 15.4 Å². The standard InChI is InChI=1S/C15H22N2O3S/c1-15(2,3)16-8-11(18)17-13-12(14(19)20-4)9-6-5-7-10(9)21-13/h16H,5-8H2,1-4H3,(H,17,18). The molecule has 0 saturated heterocycles. The van der Waals surface area contributed by atoms with Crippen LogP contribution in [0.5, 0.6) is 0 Å². The highest BCUT2D eigenvalue weighted by Crippen LogP contribution is 2.39. The van der Waals surface area contributed by atoms with Crippen molar-refractivity contribution < 1.29 is 14.3 Å². The number of hydrogen-bond donors (Lipinski definition) is 2. The third-order valence-electron chi connectivity index (χ3n) is 3.34. The van der Waals surface area contributed by atoms with Gasteiger partial charge in [-0.25, -0.2) is 4.79 Å². The lowest BCUT2D eigenvalue weighted by Crippen LogP contribution is -2.41. The van der Waals surface area contributed by atoms with Crippen LogP contribution in [0.4, 0.5) is 5.00 Å². The van der Waals surface area contributed by atoms with Crippen LogP contribution in [0.2, 0.25) is 0 Å². The van der Waals surface area contributed by atoms with Gasteiger partial charge in [-0.15, -0.1) is 11.3 Å². The van der Waals surface area contributed by atoms with Gasteiger partial charge in [-0.3, -0.25) is 4.79 Å². The lowest BCUT2D eigenvalue weighted by Gasteiger charge is -2.20. The number of methoxy groups -OCH3 is 1. The number of aryl methyl sites for hydroxylation is 1. The zero-order valence-corrected chi connectivity index (χ0v) is 13.8. The number of anilines is 1. The number of amides is 1. The molecular formula is C15H22N2O3S. The highest BCUT2D eigenvalue weighted by Gasteiger charge is 2.28. The van der Waals surface area contributed by atoms with E-state index in [-0.39, 0.29) is 24.0 Å². The van der Waals surface area contributed by atoms with Crippen molar-refractivity contribution in [1.82, 2.24) is 5.32 Å². The molecule has 0 spiro atoms. The van der Waals surface area contributed by atoms with Crippen molar-refractivity contribution in [3.05, 3.63) is 16.0 Å². The van der Waals surface area contributed by atoms with Crippen molar-refractivity contribution in [2.24, 2.45) is 0 Å². The largest absolute Gasteiger partial charge is 0.465 e. The topological polar surface area (TPSA) is 67.4 Å². The van der Waals surface area contributed by atoms with Crippen molar-refractivity contribution in [3.63, 3.8) is 0 Å². The average Bonchev–Trinajstić information content (AvgIpc) is 2.95. The van der Waals surface area contributed by atoms with Crippen LogP contribution in [-0.2, 0) is 22.4 Å². The Labute approximate surface area is 129 Å². The average molecular weight is 310 g/mol. The summed E-state index contributed by atoms with van der Waals surface area (Å²) in [5.41, 5.74) is 1.46. The summed E-state index contributed by atoms with van der Waals surface area (Å²) >= 11 is 1.49. The Hall–Kier alpha value is -1.40. The first-order chi connectivity index (χ1) is 9.81. The monoisotopic (exact) mass is 310 g/mol. The van der Waals surface area contributed by atoms with Gasteiger partial charge in [0.2, 0.25) is 5.91 Å². The zero-order valence-electron chi connectivity index (χ0n) is 13.0. The molecule has 6 heteroatoms. The fraction of sp³-hybridized carbons (Fsp3) is 0.600. The Morgan fingerprint density at radius 2 is 2.00 bits per heavy atom. The fourth-order valence-electron chi connectivity index (χ4n) is 2.33. The quantitative estimate of drug-likeness (QED) is 0.838. The Balaban J connectivity index is 2.13. The minimum Gasteiger partial charge on any atom is -0.465 e. The van der Waals surface area contributed by atoms with Crippen LogP contribution < -0.4 is 10.6 Å². The Morgan fingerprint density at radius 3 is 2.62 bits per heavy atom. The Bertz CT molecular complexity index is 558. The molecule has 2 rings (SSSR count). The van der Waals surface area contributed by atoms with Crippen molar-refractivity contribution in [2.45, 2.75) is 45.6 Å². The molecule has 1 aromatic rings. The molecule has 0 saturated carbocycles. The predicted octanol–water partition coefficient (Wildman–Crippen LogP) is 2.35. The van der Waals surface area contributed by atoms with Gasteiger partial charge in [0.05, 0.1) is 19.2 Å². The molecule has 2 N–H and O–H groups in total.